The highest BCUT2D eigenvalue weighted by atomic mass is 16.6. The van der Waals surface area contributed by atoms with Crippen molar-refractivity contribution in [2.75, 3.05) is 5.32 Å². The van der Waals surface area contributed by atoms with Crippen molar-refractivity contribution in [3.63, 3.8) is 0 Å². The van der Waals surface area contributed by atoms with E-state index in [1.54, 1.807) is 30.3 Å². The van der Waals surface area contributed by atoms with E-state index in [0.717, 1.165) is 0 Å². The molecule has 96 valence electrons. The summed E-state index contributed by atoms with van der Waals surface area (Å²) in [7, 11) is 0. The number of rotatable bonds is 3. The maximum Gasteiger partial charge on any atom is 0.417 e. The molecule has 2 rings (SSSR count). The number of para-hydroxylation sites is 1. The summed E-state index contributed by atoms with van der Waals surface area (Å²) < 4.78 is 5.00. The van der Waals surface area contributed by atoms with Gasteiger partial charge in [-0.25, -0.2) is 14.6 Å². The topological polar surface area (TPSA) is 88.5 Å². The Hall–Kier alpha value is -2.89. The van der Waals surface area contributed by atoms with Crippen molar-refractivity contribution >= 4 is 17.7 Å². The lowest BCUT2D eigenvalue weighted by molar-refractivity contribution is 0.0690. The molecular weight excluding hydrogens is 248 g/mol. The Morgan fingerprint density at radius 1 is 1.11 bits per heavy atom. The fourth-order valence-electron chi connectivity index (χ4n) is 1.33. The molecular formula is C13H10N2O4. The fourth-order valence-corrected chi connectivity index (χ4v) is 1.33. The average molecular weight is 258 g/mol. The van der Waals surface area contributed by atoms with Crippen LogP contribution in [0.1, 0.15) is 10.5 Å². The van der Waals surface area contributed by atoms with Gasteiger partial charge in [0.05, 0.1) is 11.9 Å². The molecule has 6 nitrogen and oxygen atoms in total. The van der Waals surface area contributed by atoms with Crippen molar-refractivity contribution < 1.29 is 19.4 Å². The van der Waals surface area contributed by atoms with E-state index < -0.39 is 12.1 Å². The monoisotopic (exact) mass is 258 g/mol. The zero-order valence-corrected chi connectivity index (χ0v) is 9.74. The minimum absolute atomic E-state index is 0.0954. The number of carboxylic acids is 1. The number of ether oxygens (including phenoxy) is 1. The number of carbonyl (C=O) groups excluding carboxylic acids is 1. The van der Waals surface area contributed by atoms with Gasteiger partial charge >= 0.3 is 12.1 Å². The molecule has 1 aromatic carbocycles. The van der Waals surface area contributed by atoms with Crippen molar-refractivity contribution in [1.82, 2.24) is 4.98 Å². The van der Waals surface area contributed by atoms with E-state index in [1.807, 2.05) is 0 Å². The third-order valence-corrected chi connectivity index (χ3v) is 2.18. The van der Waals surface area contributed by atoms with Crippen molar-refractivity contribution in [3.8, 4) is 5.75 Å². The molecule has 19 heavy (non-hydrogen) atoms. The first kappa shape index (κ1) is 12.6. The molecule has 0 aliphatic heterocycles. The molecule has 0 saturated heterocycles. The van der Waals surface area contributed by atoms with Gasteiger partial charge in [-0.2, -0.15) is 0 Å². The smallest absolute Gasteiger partial charge is 0.417 e. The second-order valence-corrected chi connectivity index (χ2v) is 3.56. The van der Waals surface area contributed by atoms with Crippen molar-refractivity contribution in [3.05, 3.63) is 54.4 Å². The molecule has 0 spiro atoms. The minimum atomic E-state index is -1.13. The van der Waals surface area contributed by atoms with E-state index in [9.17, 15) is 9.59 Å². The van der Waals surface area contributed by atoms with Crippen molar-refractivity contribution in [2.24, 2.45) is 0 Å². The van der Waals surface area contributed by atoms with Crippen LogP contribution in [-0.2, 0) is 0 Å². The van der Waals surface area contributed by atoms with Crippen LogP contribution in [0.3, 0.4) is 0 Å². The first-order valence-electron chi connectivity index (χ1n) is 5.38. The number of hydrogen-bond donors (Lipinski definition) is 2. The normalized spacial score (nSPS) is 9.68. The molecule has 2 aromatic rings. The predicted molar refractivity (Wildman–Crippen MR) is 67.3 cm³/mol. The van der Waals surface area contributed by atoms with Gasteiger partial charge in [0.25, 0.3) is 0 Å². The van der Waals surface area contributed by atoms with Gasteiger partial charge in [0, 0.05) is 0 Å². The summed E-state index contributed by atoms with van der Waals surface area (Å²) in [4.78, 5) is 25.8. The molecule has 1 aromatic heterocycles. The first-order valence-corrected chi connectivity index (χ1v) is 5.38. The van der Waals surface area contributed by atoms with Gasteiger partial charge in [-0.1, -0.05) is 18.2 Å². The maximum absolute atomic E-state index is 11.5. The maximum atomic E-state index is 11.5. The molecule has 0 fully saturated rings. The lowest BCUT2D eigenvalue weighted by atomic mass is 10.3. The number of benzene rings is 1. The van der Waals surface area contributed by atoms with Gasteiger partial charge in [-0.15, -0.1) is 0 Å². The van der Waals surface area contributed by atoms with E-state index in [0.29, 0.717) is 11.4 Å². The van der Waals surface area contributed by atoms with Crippen molar-refractivity contribution in [1.29, 1.82) is 0 Å². The predicted octanol–water partition coefficient (Wildman–Crippen LogP) is 2.39. The Morgan fingerprint density at radius 2 is 1.84 bits per heavy atom. The Kier molecular flexibility index (Phi) is 3.72. The van der Waals surface area contributed by atoms with Crippen LogP contribution in [0.4, 0.5) is 10.5 Å². The summed E-state index contributed by atoms with van der Waals surface area (Å²) in [6.45, 7) is 0. The summed E-state index contributed by atoms with van der Waals surface area (Å²) in [5, 5.41) is 11.1. The lowest BCUT2D eigenvalue weighted by Gasteiger charge is -2.06. The SMILES string of the molecule is O=C(Nc1ccc(C(=O)O)nc1)Oc1ccccc1. The van der Waals surface area contributed by atoms with Gasteiger partial charge in [-0.05, 0) is 24.3 Å². The molecule has 0 unspecified atom stereocenters. The number of carboxylic acid groups (broad SMARTS) is 1. The van der Waals surface area contributed by atoms with Crippen LogP contribution in [0.25, 0.3) is 0 Å². The number of aromatic carboxylic acids is 1. The van der Waals surface area contributed by atoms with E-state index in [-0.39, 0.29) is 5.69 Å². The summed E-state index contributed by atoms with van der Waals surface area (Å²) in [6, 6.07) is 11.3. The van der Waals surface area contributed by atoms with E-state index in [2.05, 4.69) is 10.3 Å². The summed E-state index contributed by atoms with van der Waals surface area (Å²) in [5.74, 6) is -0.714. The molecule has 0 saturated carbocycles. The Morgan fingerprint density at radius 3 is 2.42 bits per heavy atom. The highest BCUT2D eigenvalue weighted by Gasteiger charge is 2.07. The van der Waals surface area contributed by atoms with Gasteiger partial charge in [0.1, 0.15) is 11.4 Å². The standard InChI is InChI=1S/C13H10N2O4/c16-12(17)11-7-6-9(8-14-11)15-13(18)19-10-4-2-1-3-5-10/h1-8H,(H,15,18)(H,16,17). The van der Waals surface area contributed by atoms with E-state index >= 15 is 0 Å². The van der Waals surface area contributed by atoms with Gasteiger partial charge in [0.2, 0.25) is 0 Å². The second kappa shape index (κ2) is 5.63. The minimum Gasteiger partial charge on any atom is -0.477 e. The Labute approximate surface area is 108 Å². The number of nitrogens with one attached hydrogen (secondary N) is 1. The summed E-state index contributed by atoms with van der Waals surface area (Å²) in [6.07, 6.45) is 0.575. The first-order chi connectivity index (χ1) is 9.15. The molecule has 6 heteroatoms. The summed E-state index contributed by atoms with van der Waals surface area (Å²) >= 11 is 0. The molecule has 0 atom stereocenters. The third kappa shape index (κ3) is 3.53. The van der Waals surface area contributed by atoms with Crippen LogP contribution in [-0.4, -0.2) is 22.2 Å². The number of pyridine rings is 1. The highest BCUT2D eigenvalue weighted by Crippen LogP contribution is 2.11. The molecule has 0 radical (unpaired) electrons. The average Bonchev–Trinajstić information content (AvgIpc) is 2.40. The molecule has 0 aliphatic carbocycles. The van der Waals surface area contributed by atoms with E-state index in [1.165, 1.54) is 18.3 Å². The Balaban J connectivity index is 1.97. The lowest BCUT2D eigenvalue weighted by Crippen LogP contribution is -2.17. The van der Waals surface area contributed by atoms with Crippen LogP contribution >= 0.6 is 0 Å². The number of hydrogen-bond acceptors (Lipinski definition) is 4. The second-order valence-electron chi connectivity index (χ2n) is 3.56. The number of aromatic nitrogens is 1. The van der Waals surface area contributed by atoms with Crippen LogP contribution in [0.5, 0.6) is 5.75 Å². The molecule has 1 amide bonds. The van der Waals surface area contributed by atoms with Gasteiger partial charge in [-0.3, -0.25) is 5.32 Å². The van der Waals surface area contributed by atoms with Crippen LogP contribution in [0, 0.1) is 0 Å². The third-order valence-electron chi connectivity index (χ3n) is 2.18. The van der Waals surface area contributed by atoms with E-state index in [4.69, 9.17) is 9.84 Å². The number of amides is 1. The molecule has 0 bridgehead atoms. The quantitative estimate of drug-likeness (QED) is 0.882. The number of nitrogens with zero attached hydrogens (tertiary/aromatic N) is 1. The summed E-state index contributed by atoms with van der Waals surface area (Å²) in [5.41, 5.74) is 0.257. The molecule has 0 aliphatic rings. The fraction of sp³-hybridized carbons (Fsp3) is 0. The number of anilines is 1. The van der Waals surface area contributed by atoms with Crippen molar-refractivity contribution in [2.45, 2.75) is 0 Å². The van der Waals surface area contributed by atoms with Gasteiger partial charge < -0.3 is 9.84 Å². The van der Waals surface area contributed by atoms with Crippen LogP contribution in [0.2, 0.25) is 0 Å². The highest BCUT2D eigenvalue weighted by molar-refractivity contribution is 5.88. The Bertz CT molecular complexity index is 581. The largest absolute Gasteiger partial charge is 0.477 e. The molecule has 2 N–H and O–H groups in total. The van der Waals surface area contributed by atoms with Gasteiger partial charge in [0.15, 0.2) is 0 Å². The zero-order valence-electron chi connectivity index (χ0n) is 9.74. The number of carbonyl (C=O) groups is 2. The van der Waals surface area contributed by atoms with Crippen LogP contribution in [0.15, 0.2) is 48.7 Å². The zero-order chi connectivity index (χ0) is 13.7. The molecule has 1 heterocycles. The van der Waals surface area contributed by atoms with Crippen LogP contribution < -0.4 is 10.1 Å².